The van der Waals surface area contributed by atoms with Gasteiger partial charge in [0.2, 0.25) is 0 Å². The van der Waals surface area contributed by atoms with Gasteiger partial charge in [-0.2, -0.15) is 0 Å². The number of fused-ring (bicyclic) bond motifs is 1. The third-order valence-electron chi connectivity index (χ3n) is 4.24. The van der Waals surface area contributed by atoms with Gasteiger partial charge in [-0.1, -0.05) is 38.1 Å². The fourth-order valence-corrected chi connectivity index (χ4v) is 4.01. The first-order chi connectivity index (χ1) is 10.2. The number of hydrogen-bond acceptors (Lipinski definition) is 4. The Kier molecular flexibility index (Phi) is 4.27. The summed E-state index contributed by atoms with van der Waals surface area (Å²) >= 11 is 1.85. The molecule has 0 saturated heterocycles. The van der Waals surface area contributed by atoms with E-state index in [1.54, 1.807) is 0 Å². The molecule has 0 amide bonds. The summed E-state index contributed by atoms with van der Waals surface area (Å²) in [6.07, 6.45) is 1.14. The molecule has 1 aromatic carbocycles. The lowest BCUT2D eigenvalue weighted by atomic mass is 10.0. The summed E-state index contributed by atoms with van der Waals surface area (Å²) in [6.45, 7) is 7.40. The van der Waals surface area contributed by atoms with Gasteiger partial charge in [0.1, 0.15) is 0 Å². The van der Waals surface area contributed by atoms with Gasteiger partial charge in [0.25, 0.3) is 0 Å². The van der Waals surface area contributed by atoms with Crippen LogP contribution in [0.2, 0.25) is 0 Å². The van der Waals surface area contributed by atoms with Crippen LogP contribution in [-0.4, -0.2) is 12.0 Å². The number of nitrogens with zero attached hydrogens (tertiary/aromatic N) is 2. The first-order valence-corrected chi connectivity index (χ1v) is 8.50. The molecule has 1 N–H and O–H groups in total. The molecule has 3 rings (SSSR count). The Morgan fingerprint density at radius 3 is 2.52 bits per heavy atom. The Morgan fingerprint density at radius 1 is 1.29 bits per heavy atom. The Hall–Kier alpha value is -1.39. The average molecular weight is 301 g/mol. The summed E-state index contributed by atoms with van der Waals surface area (Å²) in [6, 6.07) is 8.71. The normalized spacial score (nSPS) is 15.3. The molecule has 1 aliphatic heterocycles. The van der Waals surface area contributed by atoms with Crippen LogP contribution in [0.5, 0.6) is 0 Å². The zero-order valence-electron chi connectivity index (χ0n) is 13.0. The minimum absolute atomic E-state index is 0.531. The second-order valence-electron chi connectivity index (χ2n) is 5.77. The van der Waals surface area contributed by atoms with E-state index in [0.717, 1.165) is 26.1 Å². The van der Waals surface area contributed by atoms with Gasteiger partial charge in [-0.15, -0.1) is 11.3 Å². The zero-order chi connectivity index (χ0) is 14.8. The number of aromatic nitrogens is 1. The second kappa shape index (κ2) is 6.16. The average Bonchev–Trinajstić information content (AvgIpc) is 3.10. The minimum atomic E-state index is 0.531. The van der Waals surface area contributed by atoms with Gasteiger partial charge in [-0.25, -0.2) is 4.98 Å². The minimum Gasteiger partial charge on any atom is -0.339 e. The van der Waals surface area contributed by atoms with Gasteiger partial charge >= 0.3 is 0 Å². The maximum Gasteiger partial charge on any atom is 0.186 e. The van der Waals surface area contributed by atoms with Crippen LogP contribution >= 0.6 is 11.3 Å². The van der Waals surface area contributed by atoms with Crippen molar-refractivity contribution in [3.8, 4) is 0 Å². The quantitative estimate of drug-likeness (QED) is 0.908. The zero-order valence-corrected chi connectivity index (χ0v) is 13.8. The van der Waals surface area contributed by atoms with Crippen LogP contribution in [0, 0.1) is 0 Å². The number of thiazole rings is 1. The van der Waals surface area contributed by atoms with Gasteiger partial charge in [0, 0.05) is 24.5 Å². The molecule has 0 radical (unpaired) electrons. The van der Waals surface area contributed by atoms with Gasteiger partial charge in [-0.3, -0.25) is 0 Å². The van der Waals surface area contributed by atoms with E-state index in [9.17, 15) is 0 Å². The summed E-state index contributed by atoms with van der Waals surface area (Å²) in [5.41, 5.74) is 4.16. The van der Waals surface area contributed by atoms with Crippen LogP contribution in [-0.2, 0) is 19.6 Å². The van der Waals surface area contributed by atoms with E-state index in [4.69, 9.17) is 4.98 Å². The van der Waals surface area contributed by atoms with Crippen LogP contribution in [0.3, 0.4) is 0 Å². The molecule has 1 aromatic heterocycles. The monoisotopic (exact) mass is 301 g/mol. The number of nitrogens with one attached hydrogen (secondary N) is 1. The van der Waals surface area contributed by atoms with Crippen molar-refractivity contribution in [2.24, 2.45) is 0 Å². The van der Waals surface area contributed by atoms with Crippen LogP contribution in [0.25, 0.3) is 0 Å². The molecule has 4 heteroatoms. The molecule has 0 aliphatic carbocycles. The number of rotatable bonds is 5. The third-order valence-corrected chi connectivity index (χ3v) is 5.38. The second-order valence-corrected chi connectivity index (χ2v) is 6.83. The maximum absolute atomic E-state index is 4.97. The number of benzene rings is 1. The smallest absolute Gasteiger partial charge is 0.186 e. The van der Waals surface area contributed by atoms with Crippen LogP contribution in [0.1, 0.15) is 47.9 Å². The predicted octanol–water partition coefficient (Wildman–Crippen LogP) is 3.90. The number of hydrogen-bond donors (Lipinski definition) is 1. The molecule has 0 saturated carbocycles. The molecule has 2 heterocycles. The van der Waals surface area contributed by atoms with Crippen molar-refractivity contribution in [3.05, 3.63) is 46.0 Å². The molecule has 2 aromatic rings. The van der Waals surface area contributed by atoms with Crippen molar-refractivity contribution in [2.75, 3.05) is 11.9 Å². The highest BCUT2D eigenvalue weighted by atomic mass is 32.1. The van der Waals surface area contributed by atoms with Gasteiger partial charge in [0.15, 0.2) is 5.13 Å². The van der Waals surface area contributed by atoms with Crippen LogP contribution < -0.4 is 10.2 Å². The summed E-state index contributed by atoms with van der Waals surface area (Å²) < 4.78 is 0. The Labute approximate surface area is 131 Å². The van der Waals surface area contributed by atoms with Gasteiger partial charge in [0.05, 0.1) is 5.69 Å². The van der Waals surface area contributed by atoms with Crippen molar-refractivity contribution >= 4 is 16.5 Å². The first kappa shape index (κ1) is 14.5. The fourth-order valence-electron chi connectivity index (χ4n) is 2.82. The van der Waals surface area contributed by atoms with Crippen molar-refractivity contribution in [1.82, 2.24) is 10.3 Å². The third kappa shape index (κ3) is 2.83. The first-order valence-electron chi connectivity index (χ1n) is 7.68. The molecule has 0 bridgehead atoms. The van der Waals surface area contributed by atoms with Crippen molar-refractivity contribution in [2.45, 2.75) is 45.8 Å². The lowest BCUT2D eigenvalue weighted by Gasteiger charge is -2.13. The summed E-state index contributed by atoms with van der Waals surface area (Å²) in [5, 5.41) is 4.45. The van der Waals surface area contributed by atoms with E-state index in [1.807, 2.05) is 18.4 Å². The fraction of sp³-hybridized carbons (Fsp3) is 0.471. The molecular weight excluding hydrogens is 278 g/mol. The molecule has 3 nitrogen and oxygen atoms in total. The molecule has 1 atom stereocenters. The van der Waals surface area contributed by atoms with Crippen molar-refractivity contribution < 1.29 is 0 Å². The highest BCUT2D eigenvalue weighted by Gasteiger charge is 2.24. The maximum atomic E-state index is 4.97. The van der Waals surface area contributed by atoms with E-state index < -0.39 is 0 Å². The predicted molar refractivity (Wildman–Crippen MR) is 89.9 cm³/mol. The van der Waals surface area contributed by atoms with E-state index >= 15 is 0 Å². The Bertz CT molecular complexity index is 595. The molecule has 1 aliphatic rings. The Balaban J connectivity index is 1.87. The highest BCUT2D eigenvalue weighted by Crippen LogP contribution is 2.36. The van der Waals surface area contributed by atoms with Gasteiger partial charge < -0.3 is 10.2 Å². The van der Waals surface area contributed by atoms with Crippen molar-refractivity contribution in [1.29, 1.82) is 0 Å². The molecule has 21 heavy (non-hydrogen) atoms. The standard InChI is InChI=1S/C17H23N3S/c1-4-12(2)16-15(9-18-3)21-17(19-16)20-10-13-7-5-6-8-14(13)11-20/h5-8,12,18H,4,9-11H2,1-3H3. The molecular formula is C17H23N3S. The van der Waals surface area contributed by atoms with E-state index in [1.165, 1.54) is 26.8 Å². The summed E-state index contributed by atoms with van der Waals surface area (Å²) in [5.74, 6) is 0.531. The summed E-state index contributed by atoms with van der Waals surface area (Å²) in [4.78, 5) is 8.76. The lowest BCUT2D eigenvalue weighted by Crippen LogP contribution is -2.14. The lowest BCUT2D eigenvalue weighted by molar-refractivity contribution is 0.691. The molecule has 1 unspecified atom stereocenters. The molecule has 0 spiro atoms. The molecule has 0 fully saturated rings. The number of anilines is 1. The van der Waals surface area contributed by atoms with Crippen molar-refractivity contribution in [3.63, 3.8) is 0 Å². The Morgan fingerprint density at radius 2 is 1.95 bits per heavy atom. The van der Waals surface area contributed by atoms with Crippen LogP contribution in [0.15, 0.2) is 24.3 Å². The topological polar surface area (TPSA) is 28.2 Å². The van der Waals surface area contributed by atoms with E-state index in [0.29, 0.717) is 5.92 Å². The summed E-state index contributed by atoms with van der Waals surface area (Å²) in [7, 11) is 2.01. The molecule has 112 valence electrons. The largest absolute Gasteiger partial charge is 0.339 e. The SMILES string of the molecule is CCC(C)c1nc(N2Cc3ccccc3C2)sc1CNC. The van der Waals surface area contributed by atoms with Crippen LogP contribution in [0.4, 0.5) is 5.13 Å². The highest BCUT2D eigenvalue weighted by molar-refractivity contribution is 7.15. The van der Waals surface area contributed by atoms with Gasteiger partial charge in [-0.05, 0) is 30.5 Å². The van der Waals surface area contributed by atoms with E-state index in [-0.39, 0.29) is 0 Å². The van der Waals surface area contributed by atoms with E-state index in [2.05, 4.69) is 48.3 Å².